The van der Waals surface area contributed by atoms with Crippen molar-refractivity contribution in [1.29, 1.82) is 10.5 Å². The smallest absolute Gasteiger partial charge is 0.270 e. The fourth-order valence-corrected chi connectivity index (χ4v) is 1.27. The second-order valence-electron chi connectivity index (χ2n) is 4.94. The van der Waals surface area contributed by atoms with E-state index in [0.29, 0.717) is 5.56 Å². The molecule has 5 heteroatoms. The Balaban J connectivity index is 2.89. The number of nitrogens with one attached hydrogen (secondary N) is 1. The maximum Gasteiger partial charge on any atom is 0.270 e. The van der Waals surface area contributed by atoms with Crippen LogP contribution < -0.4 is 5.32 Å². The highest BCUT2D eigenvalue weighted by molar-refractivity contribution is 5.93. The van der Waals surface area contributed by atoms with Gasteiger partial charge in [0.15, 0.2) is 0 Å². The Morgan fingerprint density at radius 3 is 2.61 bits per heavy atom. The summed E-state index contributed by atoms with van der Waals surface area (Å²) in [5, 5.41) is 20.4. The largest absolute Gasteiger partial charge is 0.334 e. The van der Waals surface area contributed by atoms with Crippen molar-refractivity contribution < 1.29 is 4.79 Å². The normalized spacial score (nSPS) is 12.1. The van der Waals surface area contributed by atoms with Crippen LogP contribution in [0.25, 0.3) is 0 Å². The van der Waals surface area contributed by atoms with Gasteiger partial charge in [-0.25, -0.2) is 0 Å². The highest BCUT2D eigenvalue weighted by atomic mass is 16.1. The molecule has 0 aromatic carbocycles. The van der Waals surface area contributed by atoms with Crippen molar-refractivity contribution in [2.45, 2.75) is 26.8 Å². The molecular weight excluding hydrogens is 228 g/mol. The van der Waals surface area contributed by atoms with E-state index < -0.39 is 11.9 Å². The minimum atomic E-state index is -0.613. The molecule has 0 fully saturated rings. The predicted octanol–water partition coefficient (Wildman–Crippen LogP) is 1.62. The minimum Gasteiger partial charge on any atom is -0.334 e. The lowest BCUT2D eigenvalue weighted by molar-refractivity contribution is 0.0917. The van der Waals surface area contributed by atoms with Crippen LogP contribution >= 0.6 is 0 Å². The second kappa shape index (κ2) is 5.29. The Bertz CT molecular complexity index is 531. The van der Waals surface area contributed by atoms with E-state index in [1.165, 1.54) is 18.3 Å². The molecule has 0 aliphatic carbocycles. The maximum atomic E-state index is 11.9. The molecule has 1 heterocycles. The summed E-state index contributed by atoms with van der Waals surface area (Å²) in [5.41, 5.74) is 0.134. The second-order valence-corrected chi connectivity index (χ2v) is 4.94. The molecule has 1 unspecified atom stereocenters. The summed E-state index contributed by atoms with van der Waals surface area (Å²) < 4.78 is 0. The van der Waals surface area contributed by atoms with Crippen molar-refractivity contribution >= 4 is 5.91 Å². The molecule has 0 saturated heterocycles. The number of nitriles is 2. The summed E-state index contributed by atoms with van der Waals surface area (Å²) in [4.78, 5) is 15.8. The van der Waals surface area contributed by atoms with Gasteiger partial charge >= 0.3 is 0 Å². The van der Waals surface area contributed by atoms with Crippen LogP contribution in [0.4, 0.5) is 0 Å². The first kappa shape index (κ1) is 13.7. The van der Waals surface area contributed by atoms with Gasteiger partial charge in [-0.3, -0.25) is 9.78 Å². The van der Waals surface area contributed by atoms with Crippen molar-refractivity contribution in [3.05, 3.63) is 29.6 Å². The van der Waals surface area contributed by atoms with Crippen molar-refractivity contribution in [3.8, 4) is 12.1 Å². The molecule has 1 N–H and O–H groups in total. The topological polar surface area (TPSA) is 89.6 Å². The van der Waals surface area contributed by atoms with E-state index in [0.717, 1.165) is 0 Å². The van der Waals surface area contributed by atoms with E-state index in [1.54, 1.807) is 0 Å². The third-order valence-electron chi connectivity index (χ3n) is 2.39. The summed E-state index contributed by atoms with van der Waals surface area (Å²) in [6, 6.07) is 6.28. The first-order chi connectivity index (χ1) is 8.38. The fourth-order valence-electron chi connectivity index (χ4n) is 1.27. The monoisotopic (exact) mass is 242 g/mol. The summed E-state index contributed by atoms with van der Waals surface area (Å²) in [6.07, 6.45) is 1.39. The Hall–Kier alpha value is -2.40. The Labute approximate surface area is 106 Å². The highest BCUT2D eigenvalue weighted by Gasteiger charge is 2.26. The number of rotatable bonds is 2. The number of hydrogen-bond donors (Lipinski definition) is 1. The number of pyridine rings is 1. The van der Waals surface area contributed by atoms with Crippen molar-refractivity contribution in [3.63, 3.8) is 0 Å². The summed E-state index contributed by atoms with van der Waals surface area (Å²) in [6.45, 7) is 5.58. The highest BCUT2D eigenvalue weighted by Crippen LogP contribution is 2.18. The molecule has 0 aliphatic rings. The number of nitrogens with zero attached hydrogens (tertiary/aromatic N) is 3. The zero-order valence-electron chi connectivity index (χ0n) is 10.6. The van der Waals surface area contributed by atoms with Gasteiger partial charge in [0.2, 0.25) is 0 Å². The average Bonchev–Trinajstić information content (AvgIpc) is 2.34. The maximum absolute atomic E-state index is 11.9. The molecule has 5 nitrogen and oxygen atoms in total. The number of aromatic nitrogens is 1. The van der Waals surface area contributed by atoms with Gasteiger partial charge in [-0.05, 0) is 17.5 Å². The number of hydrogen-bond acceptors (Lipinski definition) is 4. The standard InChI is InChI=1S/C13H14N4O/c1-13(2,3)11(8-15)17-12(18)10-6-9(7-14)4-5-16-10/h4-6,11H,1-3H3,(H,17,18). The van der Waals surface area contributed by atoms with E-state index in [1.807, 2.05) is 32.9 Å². The third-order valence-corrected chi connectivity index (χ3v) is 2.39. The molecule has 18 heavy (non-hydrogen) atoms. The van der Waals surface area contributed by atoms with E-state index in [-0.39, 0.29) is 11.1 Å². The van der Waals surface area contributed by atoms with Crippen LogP contribution in [0.15, 0.2) is 18.3 Å². The van der Waals surface area contributed by atoms with Crippen molar-refractivity contribution in [2.75, 3.05) is 0 Å². The molecular formula is C13H14N4O. The Morgan fingerprint density at radius 2 is 2.11 bits per heavy atom. The average molecular weight is 242 g/mol. The Kier molecular flexibility index (Phi) is 4.01. The predicted molar refractivity (Wildman–Crippen MR) is 65.3 cm³/mol. The fraction of sp³-hybridized carbons (Fsp3) is 0.385. The SMILES string of the molecule is CC(C)(C)C(C#N)NC(=O)c1cc(C#N)ccn1. The van der Waals surface area contributed by atoms with Gasteiger partial charge in [-0.1, -0.05) is 20.8 Å². The zero-order chi connectivity index (χ0) is 13.8. The third kappa shape index (κ3) is 3.29. The molecule has 0 radical (unpaired) electrons. The lowest BCUT2D eigenvalue weighted by Crippen LogP contribution is -2.42. The van der Waals surface area contributed by atoms with Crippen molar-refractivity contribution in [2.24, 2.45) is 5.41 Å². The number of carbonyl (C=O) groups is 1. The molecule has 0 saturated carbocycles. The van der Waals surface area contributed by atoms with Gasteiger partial charge < -0.3 is 5.32 Å². The van der Waals surface area contributed by atoms with Crippen LogP contribution in [0, 0.1) is 28.1 Å². The molecule has 1 rings (SSSR count). The van der Waals surface area contributed by atoms with Crippen LogP contribution in [0.3, 0.4) is 0 Å². The molecule has 1 atom stereocenters. The first-order valence-corrected chi connectivity index (χ1v) is 5.45. The van der Waals surface area contributed by atoms with Gasteiger partial charge in [0.25, 0.3) is 5.91 Å². The van der Waals surface area contributed by atoms with Crippen LogP contribution in [0.5, 0.6) is 0 Å². The quantitative estimate of drug-likeness (QED) is 0.853. The number of amides is 1. The zero-order valence-corrected chi connectivity index (χ0v) is 10.6. The van der Waals surface area contributed by atoms with Gasteiger partial charge in [-0.2, -0.15) is 10.5 Å². The first-order valence-electron chi connectivity index (χ1n) is 5.45. The lowest BCUT2D eigenvalue weighted by atomic mass is 9.87. The van der Waals surface area contributed by atoms with Gasteiger partial charge in [0, 0.05) is 6.20 Å². The summed E-state index contributed by atoms with van der Waals surface area (Å²) in [7, 11) is 0. The van der Waals surface area contributed by atoms with E-state index >= 15 is 0 Å². The molecule has 1 aromatic rings. The van der Waals surface area contributed by atoms with E-state index in [2.05, 4.69) is 10.3 Å². The van der Waals surface area contributed by atoms with Gasteiger partial charge in [0.1, 0.15) is 11.7 Å². The molecule has 0 aliphatic heterocycles. The van der Waals surface area contributed by atoms with Gasteiger partial charge in [0.05, 0.1) is 17.7 Å². The molecule has 1 aromatic heterocycles. The molecule has 92 valence electrons. The van der Waals surface area contributed by atoms with Crippen molar-refractivity contribution in [1.82, 2.24) is 10.3 Å². The van der Waals surface area contributed by atoms with Gasteiger partial charge in [-0.15, -0.1) is 0 Å². The van der Waals surface area contributed by atoms with E-state index in [9.17, 15) is 4.79 Å². The molecule has 0 bridgehead atoms. The minimum absolute atomic E-state index is 0.138. The van der Waals surface area contributed by atoms with Crippen LogP contribution in [-0.2, 0) is 0 Å². The Morgan fingerprint density at radius 1 is 1.44 bits per heavy atom. The summed E-state index contributed by atoms with van der Waals surface area (Å²) in [5.74, 6) is -0.450. The molecule has 1 amide bonds. The molecule has 0 spiro atoms. The van der Waals surface area contributed by atoms with E-state index in [4.69, 9.17) is 10.5 Å². The number of carbonyl (C=O) groups excluding carboxylic acids is 1. The lowest BCUT2D eigenvalue weighted by Gasteiger charge is -2.25. The summed E-state index contributed by atoms with van der Waals surface area (Å²) >= 11 is 0. The van der Waals surface area contributed by atoms with Crippen LogP contribution in [0.2, 0.25) is 0 Å². The van der Waals surface area contributed by atoms with Crippen LogP contribution in [-0.4, -0.2) is 16.9 Å². The van der Waals surface area contributed by atoms with Crippen LogP contribution in [0.1, 0.15) is 36.8 Å².